The molecule has 0 unspecified atom stereocenters. The monoisotopic (exact) mass is 229 g/mol. The molecule has 0 amide bonds. The average Bonchev–Trinajstić information content (AvgIpc) is 2.01. The first-order valence-corrected chi connectivity index (χ1v) is 4.15. The first-order chi connectivity index (χ1) is 5.63. The van der Waals surface area contributed by atoms with Crippen molar-refractivity contribution < 1.29 is 9.53 Å². The van der Waals surface area contributed by atoms with Crippen molar-refractivity contribution in [2.75, 3.05) is 7.11 Å². The fraction of sp³-hybridized carbons (Fsp3) is 0.250. The number of rotatable bonds is 1. The average molecular weight is 230 g/mol. The van der Waals surface area contributed by atoms with Crippen molar-refractivity contribution in [2.45, 2.75) is 6.92 Å². The number of nitrogens with zero attached hydrogens (tertiary/aromatic N) is 1. The van der Waals surface area contributed by atoms with Gasteiger partial charge in [0.2, 0.25) is 0 Å². The van der Waals surface area contributed by atoms with Crippen molar-refractivity contribution in [3.63, 3.8) is 0 Å². The van der Waals surface area contributed by atoms with Crippen molar-refractivity contribution in [3.05, 3.63) is 28.0 Å². The maximum atomic E-state index is 11.0. The van der Waals surface area contributed by atoms with E-state index in [-0.39, 0.29) is 0 Å². The molecule has 0 aliphatic carbocycles. The molecule has 0 saturated heterocycles. The summed E-state index contributed by atoms with van der Waals surface area (Å²) >= 11 is 3.19. The molecular formula is C8H8BrNO2. The molecular weight excluding hydrogens is 222 g/mol. The van der Waals surface area contributed by atoms with Gasteiger partial charge in [0.05, 0.1) is 7.11 Å². The molecule has 1 aromatic heterocycles. The maximum absolute atomic E-state index is 11.0. The molecule has 0 spiro atoms. The number of methoxy groups -OCH3 is 1. The molecule has 0 aliphatic heterocycles. The Balaban J connectivity index is 3.08. The highest BCUT2D eigenvalue weighted by Gasteiger charge is 2.07. The van der Waals surface area contributed by atoms with Crippen LogP contribution in [-0.2, 0) is 4.74 Å². The maximum Gasteiger partial charge on any atom is 0.356 e. The Labute approximate surface area is 78.9 Å². The Hall–Kier alpha value is -0.900. The predicted molar refractivity (Wildman–Crippen MR) is 48.0 cm³/mol. The lowest BCUT2D eigenvalue weighted by Crippen LogP contribution is -2.04. The lowest BCUT2D eigenvalue weighted by molar-refractivity contribution is 0.0593. The molecule has 0 radical (unpaired) electrons. The smallest absolute Gasteiger partial charge is 0.356 e. The van der Waals surface area contributed by atoms with Crippen molar-refractivity contribution in [1.29, 1.82) is 0 Å². The van der Waals surface area contributed by atoms with Gasteiger partial charge in [-0.2, -0.15) is 0 Å². The first kappa shape index (κ1) is 9.19. The van der Waals surface area contributed by atoms with Gasteiger partial charge in [0.25, 0.3) is 0 Å². The van der Waals surface area contributed by atoms with Crippen LogP contribution < -0.4 is 0 Å². The van der Waals surface area contributed by atoms with Crippen LogP contribution >= 0.6 is 15.9 Å². The van der Waals surface area contributed by atoms with E-state index in [1.165, 1.54) is 7.11 Å². The molecule has 0 fully saturated rings. The van der Waals surface area contributed by atoms with Crippen LogP contribution in [0.5, 0.6) is 0 Å². The zero-order valence-electron chi connectivity index (χ0n) is 6.80. The van der Waals surface area contributed by atoms with Crippen LogP contribution in [0.3, 0.4) is 0 Å². The van der Waals surface area contributed by atoms with Gasteiger partial charge in [0.1, 0.15) is 10.3 Å². The van der Waals surface area contributed by atoms with Gasteiger partial charge >= 0.3 is 5.97 Å². The Morgan fingerprint density at radius 1 is 1.58 bits per heavy atom. The third kappa shape index (κ3) is 2.04. The van der Waals surface area contributed by atoms with Crippen LogP contribution in [0.25, 0.3) is 0 Å². The van der Waals surface area contributed by atoms with Crippen molar-refractivity contribution in [3.8, 4) is 0 Å². The summed E-state index contributed by atoms with van der Waals surface area (Å²) in [6, 6.07) is 3.50. The van der Waals surface area contributed by atoms with E-state index in [1.54, 1.807) is 6.07 Å². The molecule has 1 aromatic rings. The van der Waals surface area contributed by atoms with Crippen LogP contribution in [0, 0.1) is 6.92 Å². The summed E-state index contributed by atoms with van der Waals surface area (Å²) in [6.45, 7) is 1.89. The molecule has 0 bridgehead atoms. The topological polar surface area (TPSA) is 39.2 Å². The molecule has 12 heavy (non-hydrogen) atoms. The van der Waals surface area contributed by atoms with Crippen LogP contribution in [0.15, 0.2) is 16.7 Å². The quantitative estimate of drug-likeness (QED) is 0.546. The van der Waals surface area contributed by atoms with Gasteiger partial charge in [0.15, 0.2) is 0 Å². The minimum atomic E-state index is -0.417. The van der Waals surface area contributed by atoms with Gasteiger partial charge in [0, 0.05) is 0 Å². The van der Waals surface area contributed by atoms with E-state index < -0.39 is 5.97 Å². The van der Waals surface area contributed by atoms with E-state index in [1.807, 2.05) is 13.0 Å². The number of hydrogen-bond donors (Lipinski definition) is 0. The number of aromatic nitrogens is 1. The Kier molecular flexibility index (Phi) is 2.81. The van der Waals surface area contributed by atoms with Crippen molar-refractivity contribution in [1.82, 2.24) is 4.98 Å². The van der Waals surface area contributed by atoms with Crippen LogP contribution in [0.2, 0.25) is 0 Å². The molecule has 0 N–H and O–H groups in total. The van der Waals surface area contributed by atoms with Crippen molar-refractivity contribution >= 4 is 21.9 Å². The Morgan fingerprint density at radius 2 is 2.25 bits per heavy atom. The van der Waals surface area contributed by atoms with Gasteiger partial charge < -0.3 is 4.74 Å². The van der Waals surface area contributed by atoms with Crippen LogP contribution in [-0.4, -0.2) is 18.1 Å². The summed E-state index contributed by atoms with van der Waals surface area (Å²) in [5.41, 5.74) is 1.29. The van der Waals surface area contributed by atoms with E-state index in [0.29, 0.717) is 10.3 Å². The fourth-order valence-electron chi connectivity index (χ4n) is 0.834. The van der Waals surface area contributed by atoms with E-state index in [4.69, 9.17) is 0 Å². The summed E-state index contributed by atoms with van der Waals surface area (Å²) < 4.78 is 5.17. The number of pyridine rings is 1. The minimum absolute atomic E-state index is 0.323. The summed E-state index contributed by atoms with van der Waals surface area (Å²) in [7, 11) is 1.33. The van der Waals surface area contributed by atoms with Gasteiger partial charge in [-0.1, -0.05) is 0 Å². The SMILES string of the molecule is COC(=O)c1cc(C)cc(Br)n1. The molecule has 0 aromatic carbocycles. The fourth-order valence-corrected chi connectivity index (χ4v) is 1.39. The normalized spacial score (nSPS) is 9.58. The number of carbonyl (C=O) groups excluding carboxylic acids is 1. The van der Waals surface area contributed by atoms with Crippen molar-refractivity contribution in [2.24, 2.45) is 0 Å². The van der Waals surface area contributed by atoms with E-state index in [9.17, 15) is 4.79 Å². The molecule has 0 atom stereocenters. The summed E-state index contributed by atoms with van der Waals surface area (Å²) in [4.78, 5) is 15.0. The molecule has 3 nitrogen and oxygen atoms in total. The highest BCUT2D eigenvalue weighted by Crippen LogP contribution is 2.11. The van der Waals surface area contributed by atoms with Crippen LogP contribution in [0.1, 0.15) is 16.1 Å². The zero-order valence-corrected chi connectivity index (χ0v) is 8.38. The molecule has 1 heterocycles. The highest BCUT2D eigenvalue weighted by molar-refractivity contribution is 9.10. The molecule has 0 saturated carbocycles. The summed E-state index contributed by atoms with van der Waals surface area (Å²) in [6.07, 6.45) is 0. The number of carbonyl (C=O) groups is 1. The van der Waals surface area contributed by atoms with Gasteiger partial charge in [-0.15, -0.1) is 0 Å². The second-order valence-corrected chi connectivity index (χ2v) is 3.16. The predicted octanol–water partition coefficient (Wildman–Crippen LogP) is 1.94. The number of esters is 1. The second kappa shape index (κ2) is 3.67. The standard InChI is InChI=1S/C8H8BrNO2/c1-5-3-6(8(11)12-2)10-7(9)4-5/h3-4H,1-2H3. The van der Waals surface area contributed by atoms with E-state index in [2.05, 4.69) is 25.7 Å². The highest BCUT2D eigenvalue weighted by atomic mass is 79.9. The zero-order chi connectivity index (χ0) is 9.14. The number of aryl methyl sites for hydroxylation is 1. The van der Waals surface area contributed by atoms with Gasteiger partial charge in [-0.3, -0.25) is 0 Å². The molecule has 0 aliphatic rings. The van der Waals surface area contributed by atoms with E-state index >= 15 is 0 Å². The van der Waals surface area contributed by atoms with Gasteiger partial charge in [-0.05, 0) is 40.5 Å². The number of hydrogen-bond acceptors (Lipinski definition) is 3. The minimum Gasteiger partial charge on any atom is -0.464 e. The molecule has 64 valence electrons. The lowest BCUT2D eigenvalue weighted by atomic mass is 10.2. The van der Waals surface area contributed by atoms with E-state index in [0.717, 1.165) is 5.56 Å². The first-order valence-electron chi connectivity index (χ1n) is 3.36. The Morgan fingerprint density at radius 3 is 2.75 bits per heavy atom. The molecule has 4 heteroatoms. The third-order valence-corrected chi connectivity index (χ3v) is 1.74. The van der Waals surface area contributed by atoms with Crippen LogP contribution in [0.4, 0.5) is 0 Å². The lowest BCUT2D eigenvalue weighted by Gasteiger charge is -2.00. The van der Waals surface area contributed by atoms with Gasteiger partial charge in [-0.25, -0.2) is 9.78 Å². The Bertz CT molecular complexity index is 292. The third-order valence-electron chi connectivity index (χ3n) is 1.33. The summed E-state index contributed by atoms with van der Waals surface area (Å²) in [5, 5.41) is 0. The second-order valence-electron chi connectivity index (χ2n) is 2.34. The molecule has 1 rings (SSSR count). The number of ether oxygens (including phenoxy) is 1. The summed E-state index contributed by atoms with van der Waals surface area (Å²) in [5.74, 6) is -0.417. The number of halogens is 1. The largest absolute Gasteiger partial charge is 0.464 e.